The molecule has 1 aromatic carbocycles. The fourth-order valence-electron chi connectivity index (χ4n) is 4.43. The lowest BCUT2D eigenvalue weighted by Gasteiger charge is -2.43. The van der Waals surface area contributed by atoms with Crippen LogP contribution in [0.3, 0.4) is 0 Å². The summed E-state index contributed by atoms with van der Waals surface area (Å²) in [5.41, 5.74) is 1.92. The van der Waals surface area contributed by atoms with Crippen molar-refractivity contribution in [3.8, 4) is 0 Å². The van der Waals surface area contributed by atoms with E-state index in [0.29, 0.717) is 5.41 Å². The van der Waals surface area contributed by atoms with E-state index in [0.717, 1.165) is 25.0 Å². The molecule has 0 saturated carbocycles. The van der Waals surface area contributed by atoms with E-state index in [2.05, 4.69) is 54.4 Å². The molecule has 2 heterocycles. The zero-order chi connectivity index (χ0) is 14.7. The van der Waals surface area contributed by atoms with Crippen molar-refractivity contribution in [2.24, 2.45) is 5.92 Å². The molecule has 2 fully saturated rings. The molecule has 116 valence electrons. The van der Waals surface area contributed by atoms with Crippen LogP contribution in [-0.4, -0.2) is 37.1 Å². The topological polar surface area (TPSA) is 15.3 Å². The van der Waals surface area contributed by atoms with Crippen molar-refractivity contribution in [1.82, 2.24) is 10.2 Å². The Morgan fingerprint density at radius 3 is 2.57 bits per heavy atom. The maximum absolute atomic E-state index is 3.55. The molecule has 2 heteroatoms. The van der Waals surface area contributed by atoms with Gasteiger partial charge in [-0.25, -0.2) is 0 Å². The molecule has 0 amide bonds. The molecule has 1 unspecified atom stereocenters. The van der Waals surface area contributed by atoms with E-state index in [-0.39, 0.29) is 0 Å². The second-order valence-corrected chi connectivity index (χ2v) is 7.32. The summed E-state index contributed by atoms with van der Waals surface area (Å²) in [6.07, 6.45) is 5.32. The van der Waals surface area contributed by atoms with Crippen molar-refractivity contribution in [3.05, 3.63) is 35.9 Å². The van der Waals surface area contributed by atoms with E-state index >= 15 is 0 Å². The van der Waals surface area contributed by atoms with Crippen molar-refractivity contribution in [2.75, 3.05) is 26.2 Å². The van der Waals surface area contributed by atoms with E-state index in [1.807, 2.05) is 0 Å². The van der Waals surface area contributed by atoms with Gasteiger partial charge in [-0.3, -0.25) is 4.90 Å². The Balaban J connectivity index is 1.83. The lowest BCUT2D eigenvalue weighted by atomic mass is 9.72. The van der Waals surface area contributed by atoms with Crippen molar-refractivity contribution in [1.29, 1.82) is 0 Å². The quantitative estimate of drug-likeness (QED) is 0.912. The molecule has 0 aromatic heterocycles. The molecule has 1 atom stereocenters. The minimum Gasteiger partial charge on any atom is -0.317 e. The van der Waals surface area contributed by atoms with Gasteiger partial charge in [-0.1, -0.05) is 44.2 Å². The molecule has 3 rings (SSSR count). The van der Waals surface area contributed by atoms with Crippen molar-refractivity contribution in [2.45, 2.75) is 51.0 Å². The second-order valence-electron chi connectivity index (χ2n) is 7.32. The summed E-state index contributed by atoms with van der Waals surface area (Å²) in [5.74, 6) is 0.780. The number of benzene rings is 1. The van der Waals surface area contributed by atoms with Gasteiger partial charge in [-0.05, 0) is 56.8 Å². The standard InChI is InChI=1S/C19H30N2/c1-16(2)18-9-6-14-21(18)15-19(10-12-20-13-11-19)17-7-4-3-5-8-17/h3-5,7-8,16,18,20H,6,9-15H2,1-2H3. The molecule has 1 N–H and O–H groups in total. The monoisotopic (exact) mass is 286 g/mol. The summed E-state index contributed by atoms with van der Waals surface area (Å²) in [6.45, 7) is 9.65. The lowest BCUT2D eigenvalue weighted by molar-refractivity contribution is 0.139. The Morgan fingerprint density at radius 1 is 1.19 bits per heavy atom. The third kappa shape index (κ3) is 3.17. The van der Waals surface area contributed by atoms with Gasteiger partial charge in [0.05, 0.1) is 0 Å². The maximum atomic E-state index is 3.55. The molecule has 2 nitrogen and oxygen atoms in total. The highest BCUT2D eigenvalue weighted by molar-refractivity contribution is 5.27. The third-order valence-corrected chi connectivity index (χ3v) is 5.64. The molecular formula is C19H30N2. The second kappa shape index (κ2) is 6.50. The lowest BCUT2D eigenvalue weighted by Crippen LogP contribution is -2.49. The number of hydrogen-bond donors (Lipinski definition) is 1. The van der Waals surface area contributed by atoms with Crippen molar-refractivity contribution >= 4 is 0 Å². The normalized spacial score (nSPS) is 26.3. The Labute approximate surface area is 129 Å². The molecule has 2 saturated heterocycles. The average Bonchev–Trinajstić information content (AvgIpc) is 2.97. The largest absolute Gasteiger partial charge is 0.317 e. The minimum atomic E-state index is 0.365. The van der Waals surface area contributed by atoms with E-state index < -0.39 is 0 Å². The number of likely N-dealkylation sites (tertiary alicyclic amines) is 1. The average molecular weight is 286 g/mol. The van der Waals surface area contributed by atoms with Crippen LogP contribution < -0.4 is 5.32 Å². The van der Waals surface area contributed by atoms with Gasteiger partial charge in [-0.15, -0.1) is 0 Å². The fraction of sp³-hybridized carbons (Fsp3) is 0.684. The number of hydrogen-bond acceptors (Lipinski definition) is 2. The first kappa shape index (κ1) is 15.1. The molecule has 21 heavy (non-hydrogen) atoms. The molecule has 0 aliphatic carbocycles. The van der Waals surface area contributed by atoms with Gasteiger partial charge < -0.3 is 5.32 Å². The highest BCUT2D eigenvalue weighted by Gasteiger charge is 2.39. The predicted molar refractivity (Wildman–Crippen MR) is 89.7 cm³/mol. The maximum Gasteiger partial charge on any atom is 0.0119 e. The third-order valence-electron chi connectivity index (χ3n) is 5.64. The van der Waals surface area contributed by atoms with Gasteiger partial charge in [0.15, 0.2) is 0 Å². The molecule has 2 aliphatic rings. The van der Waals surface area contributed by atoms with Crippen LogP contribution >= 0.6 is 0 Å². The highest BCUT2D eigenvalue weighted by atomic mass is 15.2. The van der Waals surface area contributed by atoms with Crippen LogP contribution in [0, 0.1) is 5.92 Å². The van der Waals surface area contributed by atoms with Gasteiger partial charge in [0.1, 0.15) is 0 Å². The molecular weight excluding hydrogens is 256 g/mol. The Bertz CT molecular complexity index is 434. The first-order valence-electron chi connectivity index (χ1n) is 8.72. The van der Waals surface area contributed by atoms with Crippen LogP contribution in [0.4, 0.5) is 0 Å². The SMILES string of the molecule is CC(C)C1CCCN1CC1(c2ccccc2)CCNCC1. The zero-order valence-corrected chi connectivity index (χ0v) is 13.6. The predicted octanol–water partition coefficient (Wildman–Crippen LogP) is 3.43. The molecule has 0 bridgehead atoms. The Hall–Kier alpha value is -0.860. The summed E-state index contributed by atoms with van der Waals surface area (Å²) in [4.78, 5) is 2.79. The van der Waals surface area contributed by atoms with Gasteiger partial charge in [0.25, 0.3) is 0 Å². The van der Waals surface area contributed by atoms with Crippen molar-refractivity contribution in [3.63, 3.8) is 0 Å². The van der Waals surface area contributed by atoms with Gasteiger partial charge >= 0.3 is 0 Å². The summed E-state index contributed by atoms with van der Waals surface area (Å²) in [6, 6.07) is 12.1. The van der Waals surface area contributed by atoms with Crippen LogP contribution in [0.1, 0.15) is 45.1 Å². The van der Waals surface area contributed by atoms with Crippen LogP contribution in [0.2, 0.25) is 0 Å². The smallest absolute Gasteiger partial charge is 0.0119 e. The first-order chi connectivity index (χ1) is 10.2. The number of piperidine rings is 1. The Morgan fingerprint density at radius 2 is 1.90 bits per heavy atom. The molecule has 0 radical (unpaired) electrons. The number of nitrogens with one attached hydrogen (secondary N) is 1. The van der Waals surface area contributed by atoms with Crippen LogP contribution in [0.5, 0.6) is 0 Å². The van der Waals surface area contributed by atoms with Gasteiger partial charge in [0.2, 0.25) is 0 Å². The van der Waals surface area contributed by atoms with E-state index in [4.69, 9.17) is 0 Å². The number of rotatable bonds is 4. The summed E-state index contributed by atoms with van der Waals surface area (Å²) < 4.78 is 0. The molecule has 2 aliphatic heterocycles. The van der Waals surface area contributed by atoms with Crippen LogP contribution in [0.25, 0.3) is 0 Å². The highest BCUT2D eigenvalue weighted by Crippen LogP contribution is 2.37. The van der Waals surface area contributed by atoms with E-state index in [9.17, 15) is 0 Å². The van der Waals surface area contributed by atoms with Gasteiger partial charge in [0, 0.05) is 18.0 Å². The van der Waals surface area contributed by atoms with Gasteiger partial charge in [-0.2, -0.15) is 0 Å². The minimum absolute atomic E-state index is 0.365. The van der Waals surface area contributed by atoms with Crippen LogP contribution in [0.15, 0.2) is 30.3 Å². The first-order valence-corrected chi connectivity index (χ1v) is 8.72. The summed E-state index contributed by atoms with van der Waals surface area (Å²) in [7, 11) is 0. The molecule has 1 aromatic rings. The van der Waals surface area contributed by atoms with E-state index in [1.165, 1.54) is 38.8 Å². The summed E-state index contributed by atoms with van der Waals surface area (Å²) in [5, 5.41) is 3.55. The molecule has 0 spiro atoms. The summed E-state index contributed by atoms with van der Waals surface area (Å²) >= 11 is 0. The number of nitrogens with zero attached hydrogens (tertiary/aromatic N) is 1. The Kier molecular flexibility index (Phi) is 4.66. The fourth-order valence-corrected chi connectivity index (χ4v) is 4.43. The van der Waals surface area contributed by atoms with Crippen molar-refractivity contribution < 1.29 is 0 Å². The van der Waals surface area contributed by atoms with E-state index in [1.54, 1.807) is 5.56 Å². The van der Waals surface area contributed by atoms with Crippen LogP contribution in [-0.2, 0) is 5.41 Å². The zero-order valence-electron chi connectivity index (χ0n) is 13.6.